The Kier molecular flexibility index (Phi) is 7.14. The fourth-order valence-electron chi connectivity index (χ4n) is 2.80. The van der Waals surface area contributed by atoms with Crippen LogP contribution in [0.5, 0.6) is 5.75 Å². The van der Waals surface area contributed by atoms with Crippen LogP contribution in [0.25, 0.3) is 6.08 Å². The van der Waals surface area contributed by atoms with Crippen molar-refractivity contribution in [2.45, 2.75) is 13.3 Å². The zero-order valence-electron chi connectivity index (χ0n) is 15.5. The molecule has 0 bridgehead atoms. The molecule has 150 valence electrons. The van der Waals surface area contributed by atoms with Gasteiger partial charge in [-0.05, 0) is 42.5 Å². The Hall–Kier alpha value is -1.84. The van der Waals surface area contributed by atoms with E-state index in [4.69, 9.17) is 9.47 Å². The van der Waals surface area contributed by atoms with Crippen molar-refractivity contribution in [3.63, 3.8) is 0 Å². The van der Waals surface area contributed by atoms with Crippen LogP contribution < -0.4 is 4.74 Å². The van der Waals surface area contributed by atoms with Gasteiger partial charge in [0.15, 0.2) is 0 Å². The molecule has 2 aliphatic rings. The highest BCUT2D eigenvalue weighted by atomic mass is 79.9. The van der Waals surface area contributed by atoms with Crippen LogP contribution in [0.4, 0.5) is 4.79 Å². The number of morpholine rings is 1. The number of amides is 3. The Bertz CT molecular complexity index is 808. The highest BCUT2D eigenvalue weighted by Gasteiger charge is 2.37. The molecule has 1 aromatic rings. The summed E-state index contributed by atoms with van der Waals surface area (Å²) in [5, 5.41) is -0.441. The van der Waals surface area contributed by atoms with E-state index < -0.39 is 11.1 Å². The molecule has 0 aromatic heterocycles. The highest BCUT2D eigenvalue weighted by Crippen LogP contribution is 2.35. The van der Waals surface area contributed by atoms with Gasteiger partial charge in [0.25, 0.3) is 11.1 Å². The maximum Gasteiger partial charge on any atom is 0.294 e. The SMILES string of the molecule is CCCOc1ccc(Br)cc1/C=C1/SC(=O)N(CC(=O)N2CCOCC2)C1=O. The van der Waals surface area contributed by atoms with Crippen molar-refractivity contribution in [3.8, 4) is 5.75 Å². The van der Waals surface area contributed by atoms with Gasteiger partial charge in [-0.2, -0.15) is 0 Å². The molecule has 9 heteroatoms. The lowest BCUT2D eigenvalue weighted by Crippen LogP contribution is -2.46. The second kappa shape index (κ2) is 9.58. The molecule has 1 aromatic carbocycles. The van der Waals surface area contributed by atoms with Gasteiger partial charge in [-0.15, -0.1) is 0 Å². The third-order valence-corrected chi connectivity index (χ3v) is 5.65. The number of imide groups is 1. The zero-order chi connectivity index (χ0) is 20.1. The molecule has 2 aliphatic heterocycles. The molecule has 3 rings (SSSR count). The minimum Gasteiger partial charge on any atom is -0.493 e. The summed E-state index contributed by atoms with van der Waals surface area (Å²) in [6, 6.07) is 5.50. The molecule has 0 atom stereocenters. The van der Waals surface area contributed by atoms with E-state index in [1.807, 2.05) is 25.1 Å². The van der Waals surface area contributed by atoms with Crippen LogP contribution in [-0.4, -0.2) is 66.3 Å². The number of hydrogen-bond donors (Lipinski definition) is 0. The third kappa shape index (κ3) is 4.95. The number of thioether (sulfide) groups is 1. The lowest BCUT2D eigenvalue weighted by atomic mass is 10.2. The Morgan fingerprint density at radius 1 is 1.32 bits per heavy atom. The van der Waals surface area contributed by atoms with E-state index in [1.165, 1.54) is 0 Å². The van der Waals surface area contributed by atoms with E-state index in [-0.39, 0.29) is 17.4 Å². The third-order valence-electron chi connectivity index (χ3n) is 4.25. The topological polar surface area (TPSA) is 76.2 Å². The number of benzene rings is 1. The number of carbonyl (C=O) groups is 3. The van der Waals surface area contributed by atoms with Gasteiger partial charge in [0.2, 0.25) is 5.91 Å². The summed E-state index contributed by atoms with van der Waals surface area (Å²) in [6.07, 6.45) is 2.50. The van der Waals surface area contributed by atoms with Crippen molar-refractivity contribution in [1.82, 2.24) is 9.80 Å². The molecule has 28 heavy (non-hydrogen) atoms. The molecule has 2 fully saturated rings. The number of ether oxygens (including phenoxy) is 2. The van der Waals surface area contributed by atoms with E-state index in [2.05, 4.69) is 15.9 Å². The maximum atomic E-state index is 12.7. The normalized spacial score (nSPS) is 18.9. The molecular formula is C19H21BrN2O5S. The van der Waals surface area contributed by atoms with Crippen molar-refractivity contribution in [1.29, 1.82) is 0 Å². The van der Waals surface area contributed by atoms with Crippen LogP contribution in [0.1, 0.15) is 18.9 Å². The minimum atomic E-state index is -0.460. The van der Waals surface area contributed by atoms with Crippen LogP contribution >= 0.6 is 27.7 Å². The quantitative estimate of drug-likeness (QED) is 0.596. The van der Waals surface area contributed by atoms with E-state index >= 15 is 0 Å². The minimum absolute atomic E-state index is 0.249. The molecule has 0 unspecified atom stereocenters. The van der Waals surface area contributed by atoms with E-state index in [9.17, 15) is 14.4 Å². The standard InChI is InChI=1S/C19H21BrN2O5S/c1-2-7-27-15-4-3-14(20)10-13(15)11-16-18(24)22(19(25)28-16)12-17(23)21-5-8-26-9-6-21/h3-4,10-11H,2,5-9,12H2,1H3/b16-11+. The summed E-state index contributed by atoms with van der Waals surface area (Å²) < 4.78 is 11.8. The molecule has 0 saturated carbocycles. The predicted octanol–water partition coefficient (Wildman–Crippen LogP) is 3.13. The molecule has 0 radical (unpaired) electrons. The van der Waals surface area contributed by atoms with Crippen LogP contribution in [0.15, 0.2) is 27.6 Å². The van der Waals surface area contributed by atoms with Crippen LogP contribution in [0.2, 0.25) is 0 Å². The van der Waals surface area contributed by atoms with Gasteiger partial charge in [0, 0.05) is 23.1 Å². The first-order valence-corrected chi connectivity index (χ1v) is 10.6. The van der Waals surface area contributed by atoms with Crippen molar-refractivity contribution in [2.24, 2.45) is 0 Å². The second-order valence-electron chi connectivity index (χ2n) is 6.29. The van der Waals surface area contributed by atoms with Gasteiger partial charge < -0.3 is 14.4 Å². The second-order valence-corrected chi connectivity index (χ2v) is 8.20. The lowest BCUT2D eigenvalue weighted by Gasteiger charge is -2.28. The largest absolute Gasteiger partial charge is 0.493 e. The fraction of sp³-hybridized carbons (Fsp3) is 0.421. The number of halogens is 1. The van der Waals surface area contributed by atoms with Crippen LogP contribution in [0, 0.1) is 0 Å². The summed E-state index contributed by atoms with van der Waals surface area (Å²) in [5.74, 6) is -0.0689. The van der Waals surface area contributed by atoms with Gasteiger partial charge in [-0.3, -0.25) is 19.3 Å². The summed E-state index contributed by atoms with van der Waals surface area (Å²) in [6.45, 7) is 4.20. The zero-order valence-corrected chi connectivity index (χ0v) is 17.9. The predicted molar refractivity (Wildman–Crippen MR) is 110 cm³/mol. The molecule has 3 amide bonds. The fourth-order valence-corrected chi connectivity index (χ4v) is 4.01. The summed E-state index contributed by atoms with van der Waals surface area (Å²) in [5.41, 5.74) is 0.702. The Morgan fingerprint density at radius 2 is 2.07 bits per heavy atom. The van der Waals surface area contributed by atoms with Gasteiger partial charge >= 0.3 is 0 Å². The van der Waals surface area contributed by atoms with Gasteiger partial charge in [0.05, 0.1) is 24.7 Å². The van der Waals surface area contributed by atoms with Gasteiger partial charge in [-0.1, -0.05) is 22.9 Å². The first-order valence-electron chi connectivity index (χ1n) is 9.03. The Labute approximate surface area is 176 Å². The summed E-state index contributed by atoms with van der Waals surface area (Å²) in [4.78, 5) is 40.3. The van der Waals surface area contributed by atoms with Gasteiger partial charge in [-0.25, -0.2) is 0 Å². The van der Waals surface area contributed by atoms with Crippen LogP contribution in [-0.2, 0) is 14.3 Å². The van der Waals surface area contributed by atoms with Gasteiger partial charge in [0.1, 0.15) is 12.3 Å². The van der Waals surface area contributed by atoms with Crippen molar-refractivity contribution >= 4 is 50.8 Å². The average molecular weight is 469 g/mol. The average Bonchev–Trinajstić information content (AvgIpc) is 2.95. The molecule has 7 nitrogen and oxygen atoms in total. The van der Waals surface area contributed by atoms with Crippen molar-refractivity contribution in [2.75, 3.05) is 39.5 Å². The van der Waals surface area contributed by atoms with Crippen LogP contribution in [0.3, 0.4) is 0 Å². The molecule has 0 spiro atoms. The number of nitrogens with zero attached hydrogens (tertiary/aromatic N) is 2. The number of hydrogen-bond acceptors (Lipinski definition) is 6. The molecular weight excluding hydrogens is 448 g/mol. The summed E-state index contributed by atoms with van der Waals surface area (Å²) in [7, 11) is 0. The number of rotatable bonds is 6. The first kappa shape index (κ1) is 20.9. The van der Waals surface area contributed by atoms with E-state index in [1.54, 1.807) is 11.0 Å². The first-order chi connectivity index (χ1) is 13.5. The van der Waals surface area contributed by atoms with Crippen molar-refractivity contribution < 1.29 is 23.9 Å². The molecule has 0 N–H and O–H groups in total. The maximum absolute atomic E-state index is 12.7. The van der Waals surface area contributed by atoms with Crippen molar-refractivity contribution in [3.05, 3.63) is 33.1 Å². The monoisotopic (exact) mass is 468 g/mol. The lowest BCUT2D eigenvalue weighted by molar-refractivity contribution is -0.139. The molecule has 2 saturated heterocycles. The van der Waals surface area contributed by atoms with E-state index in [0.717, 1.165) is 27.6 Å². The highest BCUT2D eigenvalue weighted by molar-refractivity contribution is 9.10. The Morgan fingerprint density at radius 3 is 2.79 bits per heavy atom. The Balaban J connectivity index is 1.75. The van der Waals surface area contributed by atoms with E-state index in [0.29, 0.717) is 44.2 Å². The smallest absolute Gasteiger partial charge is 0.294 e. The summed E-state index contributed by atoms with van der Waals surface area (Å²) >= 11 is 4.25. The molecule has 2 heterocycles. The number of carbonyl (C=O) groups excluding carboxylic acids is 3. The molecule has 0 aliphatic carbocycles.